The lowest BCUT2D eigenvalue weighted by molar-refractivity contribution is 0.316. The van der Waals surface area contributed by atoms with Gasteiger partial charge in [0.25, 0.3) is 0 Å². The average molecular weight is 218 g/mol. The Balaban J connectivity index is 4.03. The van der Waals surface area contributed by atoms with Gasteiger partial charge >= 0.3 is 0 Å². The van der Waals surface area contributed by atoms with Gasteiger partial charge in [0.1, 0.15) is 5.84 Å². The Morgan fingerprint density at radius 3 is 2.36 bits per heavy atom. The molecule has 0 aromatic rings. The quantitative estimate of drug-likeness (QED) is 0.312. The first-order chi connectivity index (χ1) is 6.51. The predicted octanol–water partition coefficient (Wildman–Crippen LogP) is 2.68. The number of thioether (sulfide) groups is 1. The third-order valence-corrected chi connectivity index (χ3v) is 4.23. The first-order valence-electron chi connectivity index (χ1n) is 5.13. The minimum absolute atomic E-state index is 0.334. The van der Waals surface area contributed by atoms with Crippen LogP contribution in [0.3, 0.4) is 0 Å². The van der Waals surface area contributed by atoms with E-state index in [0.717, 1.165) is 6.42 Å². The third kappa shape index (κ3) is 5.37. The lowest BCUT2D eigenvalue weighted by Gasteiger charge is -2.21. The van der Waals surface area contributed by atoms with Crippen LogP contribution in [-0.4, -0.2) is 21.5 Å². The summed E-state index contributed by atoms with van der Waals surface area (Å²) in [6.07, 6.45) is 1.73. The van der Waals surface area contributed by atoms with Gasteiger partial charge in [0, 0.05) is 16.9 Å². The molecule has 0 rings (SSSR count). The zero-order valence-electron chi connectivity index (χ0n) is 9.53. The summed E-state index contributed by atoms with van der Waals surface area (Å²) >= 11 is 1.92. The van der Waals surface area contributed by atoms with Gasteiger partial charge in [-0.3, -0.25) is 0 Å². The fourth-order valence-electron chi connectivity index (χ4n) is 1.02. The second-order valence-corrected chi connectivity index (χ2v) is 5.59. The summed E-state index contributed by atoms with van der Waals surface area (Å²) in [6, 6.07) is 0. The highest BCUT2D eigenvalue weighted by molar-refractivity contribution is 8.00. The van der Waals surface area contributed by atoms with Crippen molar-refractivity contribution >= 4 is 17.6 Å². The topological polar surface area (TPSA) is 58.6 Å². The maximum atomic E-state index is 8.48. The Morgan fingerprint density at radius 2 is 2.00 bits per heavy atom. The van der Waals surface area contributed by atoms with Gasteiger partial charge in [-0.15, -0.1) is 0 Å². The van der Waals surface area contributed by atoms with Crippen molar-refractivity contribution in [3.63, 3.8) is 0 Å². The van der Waals surface area contributed by atoms with Crippen LogP contribution in [0.4, 0.5) is 0 Å². The number of amidine groups is 1. The van der Waals surface area contributed by atoms with Gasteiger partial charge in [-0.25, -0.2) is 0 Å². The molecule has 0 radical (unpaired) electrons. The Labute approximate surface area is 91.1 Å². The van der Waals surface area contributed by atoms with E-state index in [1.165, 1.54) is 0 Å². The van der Waals surface area contributed by atoms with Crippen LogP contribution in [0.2, 0.25) is 0 Å². The van der Waals surface area contributed by atoms with Crippen LogP contribution < -0.4 is 5.73 Å². The molecule has 0 bridgehead atoms. The average Bonchev–Trinajstić information content (AvgIpc) is 2.16. The van der Waals surface area contributed by atoms with Gasteiger partial charge < -0.3 is 10.9 Å². The molecule has 84 valence electrons. The summed E-state index contributed by atoms with van der Waals surface area (Å²) in [4.78, 5) is 0. The number of oxime groups is 1. The molecule has 2 atom stereocenters. The highest BCUT2D eigenvalue weighted by atomic mass is 32.2. The van der Waals surface area contributed by atoms with E-state index in [1.807, 2.05) is 11.8 Å². The predicted molar refractivity (Wildman–Crippen MR) is 64.0 cm³/mol. The molecule has 2 unspecified atom stereocenters. The van der Waals surface area contributed by atoms with E-state index >= 15 is 0 Å². The van der Waals surface area contributed by atoms with Crippen molar-refractivity contribution in [1.82, 2.24) is 0 Å². The Bertz CT molecular complexity index is 183. The fraction of sp³-hybridized carbons (Fsp3) is 0.900. The Kier molecular flexibility index (Phi) is 6.79. The minimum atomic E-state index is 0.334. The molecule has 14 heavy (non-hydrogen) atoms. The molecule has 4 heteroatoms. The van der Waals surface area contributed by atoms with E-state index in [9.17, 15) is 0 Å². The van der Waals surface area contributed by atoms with E-state index in [4.69, 9.17) is 10.9 Å². The summed E-state index contributed by atoms with van der Waals surface area (Å²) < 4.78 is 0. The SMILES string of the molecule is CCC(CC(N)=NO)SC(C)C(C)C. The van der Waals surface area contributed by atoms with Crippen molar-refractivity contribution in [2.24, 2.45) is 16.8 Å². The maximum absolute atomic E-state index is 8.48. The van der Waals surface area contributed by atoms with E-state index < -0.39 is 0 Å². The van der Waals surface area contributed by atoms with Crippen LogP contribution in [-0.2, 0) is 0 Å². The summed E-state index contributed by atoms with van der Waals surface area (Å²) in [6.45, 7) is 8.79. The van der Waals surface area contributed by atoms with Gasteiger partial charge in [-0.05, 0) is 12.3 Å². The summed E-state index contributed by atoms with van der Waals surface area (Å²) in [5, 5.41) is 12.6. The van der Waals surface area contributed by atoms with Crippen molar-refractivity contribution in [3.05, 3.63) is 0 Å². The Hall–Kier alpha value is -0.380. The van der Waals surface area contributed by atoms with Crippen molar-refractivity contribution in [3.8, 4) is 0 Å². The van der Waals surface area contributed by atoms with E-state index in [2.05, 4.69) is 32.9 Å². The number of nitrogens with zero attached hydrogens (tertiary/aromatic N) is 1. The molecule has 0 saturated heterocycles. The molecule has 0 aromatic heterocycles. The van der Waals surface area contributed by atoms with Crippen LogP contribution in [0, 0.1) is 5.92 Å². The summed E-state index contributed by atoms with van der Waals surface area (Å²) in [7, 11) is 0. The molecular weight excluding hydrogens is 196 g/mol. The summed E-state index contributed by atoms with van der Waals surface area (Å²) in [5.41, 5.74) is 5.49. The van der Waals surface area contributed by atoms with E-state index in [0.29, 0.717) is 28.7 Å². The third-order valence-electron chi connectivity index (χ3n) is 2.37. The zero-order chi connectivity index (χ0) is 11.1. The van der Waals surface area contributed by atoms with Gasteiger partial charge in [0.05, 0.1) is 0 Å². The van der Waals surface area contributed by atoms with Gasteiger partial charge in [-0.2, -0.15) is 11.8 Å². The first kappa shape index (κ1) is 13.6. The lowest BCUT2D eigenvalue weighted by Crippen LogP contribution is -2.21. The molecule has 0 aromatic carbocycles. The molecule has 0 amide bonds. The highest BCUT2D eigenvalue weighted by Crippen LogP contribution is 2.27. The van der Waals surface area contributed by atoms with Crippen LogP contribution in [0.25, 0.3) is 0 Å². The molecule has 0 aliphatic carbocycles. The molecular formula is C10H22N2OS. The molecule has 0 fully saturated rings. The smallest absolute Gasteiger partial charge is 0.140 e. The lowest BCUT2D eigenvalue weighted by atomic mass is 10.2. The van der Waals surface area contributed by atoms with Crippen molar-refractivity contribution < 1.29 is 5.21 Å². The Morgan fingerprint density at radius 1 is 1.43 bits per heavy atom. The highest BCUT2D eigenvalue weighted by Gasteiger charge is 2.15. The normalized spacial score (nSPS) is 17.1. The fourth-order valence-corrected chi connectivity index (χ4v) is 2.40. The van der Waals surface area contributed by atoms with Crippen molar-refractivity contribution in [2.75, 3.05) is 0 Å². The van der Waals surface area contributed by atoms with Crippen LogP contribution >= 0.6 is 11.8 Å². The van der Waals surface area contributed by atoms with Gasteiger partial charge in [0.15, 0.2) is 0 Å². The van der Waals surface area contributed by atoms with Crippen LogP contribution in [0.5, 0.6) is 0 Å². The van der Waals surface area contributed by atoms with Crippen LogP contribution in [0.15, 0.2) is 5.16 Å². The molecule has 0 saturated carbocycles. The first-order valence-corrected chi connectivity index (χ1v) is 6.07. The molecule has 0 spiro atoms. The second kappa shape index (κ2) is 6.98. The van der Waals surface area contributed by atoms with E-state index in [-0.39, 0.29) is 0 Å². The van der Waals surface area contributed by atoms with Crippen LogP contribution in [0.1, 0.15) is 40.5 Å². The number of rotatable bonds is 6. The monoisotopic (exact) mass is 218 g/mol. The van der Waals surface area contributed by atoms with Gasteiger partial charge in [-0.1, -0.05) is 32.9 Å². The molecule has 0 aliphatic heterocycles. The largest absolute Gasteiger partial charge is 0.409 e. The molecule has 3 N–H and O–H groups in total. The standard InChI is InChI=1S/C10H22N2OS/c1-5-9(6-10(11)12-13)14-8(4)7(2)3/h7-9,13H,5-6H2,1-4H3,(H2,11,12). The van der Waals surface area contributed by atoms with Crippen molar-refractivity contribution in [2.45, 2.75) is 51.0 Å². The van der Waals surface area contributed by atoms with E-state index in [1.54, 1.807) is 0 Å². The minimum Gasteiger partial charge on any atom is -0.409 e. The maximum Gasteiger partial charge on any atom is 0.140 e. The molecule has 0 heterocycles. The zero-order valence-corrected chi connectivity index (χ0v) is 10.3. The van der Waals surface area contributed by atoms with Gasteiger partial charge in [0.2, 0.25) is 0 Å². The van der Waals surface area contributed by atoms with Crippen molar-refractivity contribution in [1.29, 1.82) is 0 Å². The number of hydrogen-bond donors (Lipinski definition) is 2. The summed E-state index contributed by atoms with van der Waals surface area (Å²) in [5.74, 6) is 1.00. The molecule has 0 aliphatic rings. The second-order valence-electron chi connectivity index (χ2n) is 3.91. The number of hydrogen-bond acceptors (Lipinski definition) is 3. The molecule has 3 nitrogen and oxygen atoms in total. The number of nitrogens with two attached hydrogens (primary N) is 1.